The van der Waals surface area contributed by atoms with Crippen LogP contribution in [0.1, 0.15) is 19.8 Å². The highest BCUT2D eigenvalue weighted by Crippen LogP contribution is 1.93. The molecule has 0 spiro atoms. The van der Waals surface area contributed by atoms with E-state index in [1.54, 1.807) is 12.2 Å². The highest BCUT2D eigenvalue weighted by molar-refractivity contribution is 5.82. The summed E-state index contributed by atoms with van der Waals surface area (Å²) in [4.78, 5) is 21.7. The molecule has 4 heteroatoms. The Balaban J connectivity index is 3.42. The molecular weight excluding hydrogens is 220 g/mol. The van der Waals surface area contributed by atoms with Gasteiger partial charge in [0.2, 0.25) is 0 Å². The smallest absolute Gasteiger partial charge is 0.330 e. The van der Waals surface area contributed by atoms with Crippen molar-refractivity contribution in [2.45, 2.75) is 19.8 Å². The van der Waals surface area contributed by atoms with Gasteiger partial charge >= 0.3 is 11.9 Å². The largest absolute Gasteiger partial charge is 0.463 e. The van der Waals surface area contributed by atoms with Crippen LogP contribution in [0.15, 0.2) is 37.0 Å². The summed E-state index contributed by atoms with van der Waals surface area (Å²) in [5.41, 5.74) is 0. The molecule has 0 aliphatic carbocycles. The fraction of sp³-hybridized carbons (Fsp3) is 0.385. The second kappa shape index (κ2) is 10.7. The summed E-state index contributed by atoms with van der Waals surface area (Å²) in [6, 6.07) is 0. The molecule has 94 valence electrons. The van der Waals surface area contributed by atoms with Gasteiger partial charge in [-0.05, 0) is 19.8 Å². The van der Waals surface area contributed by atoms with Crippen LogP contribution in [0.4, 0.5) is 0 Å². The molecular formula is C13H18O4. The first kappa shape index (κ1) is 15.2. The van der Waals surface area contributed by atoms with Crippen LogP contribution in [0.25, 0.3) is 0 Å². The second-order valence-electron chi connectivity index (χ2n) is 3.13. The van der Waals surface area contributed by atoms with Gasteiger partial charge in [0, 0.05) is 12.2 Å². The first-order chi connectivity index (χ1) is 8.20. The van der Waals surface area contributed by atoms with Gasteiger partial charge in [0.05, 0.1) is 13.2 Å². The number of hydrogen-bond acceptors (Lipinski definition) is 4. The van der Waals surface area contributed by atoms with E-state index in [4.69, 9.17) is 9.47 Å². The van der Waals surface area contributed by atoms with Gasteiger partial charge in [0.15, 0.2) is 0 Å². The Morgan fingerprint density at radius 3 is 2.18 bits per heavy atom. The fourth-order valence-electron chi connectivity index (χ4n) is 0.902. The SMILES string of the molecule is C=CC(=O)OCCCCOC(=O)/C=C/C=C/C. The Morgan fingerprint density at radius 1 is 1.06 bits per heavy atom. The zero-order valence-corrected chi connectivity index (χ0v) is 10.1. The van der Waals surface area contributed by atoms with E-state index in [0.717, 1.165) is 6.08 Å². The van der Waals surface area contributed by atoms with Gasteiger partial charge in [-0.25, -0.2) is 9.59 Å². The molecule has 0 amide bonds. The molecule has 0 N–H and O–H groups in total. The van der Waals surface area contributed by atoms with E-state index in [-0.39, 0.29) is 5.97 Å². The number of unbranched alkanes of at least 4 members (excludes halogenated alkanes) is 1. The molecule has 17 heavy (non-hydrogen) atoms. The minimum absolute atomic E-state index is 0.316. The summed E-state index contributed by atoms with van der Waals surface area (Å²) in [6.07, 6.45) is 8.98. The van der Waals surface area contributed by atoms with Gasteiger partial charge in [-0.2, -0.15) is 0 Å². The topological polar surface area (TPSA) is 52.6 Å². The first-order valence-corrected chi connectivity index (χ1v) is 5.46. The standard InChI is InChI=1S/C13H18O4/c1-3-5-6-9-13(15)17-11-8-7-10-16-12(14)4-2/h3-6,9H,2,7-8,10-11H2,1H3/b5-3+,9-6+. The van der Waals surface area contributed by atoms with Crippen LogP contribution in [-0.2, 0) is 19.1 Å². The van der Waals surface area contributed by atoms with Crippen molar-refractivity contribution < 1.29 is 19.1 Å². The van der Waals surface area contributed by atoms with E-state index in [2.05, 4.69) is 6.58 Å². The molecule has 0 heterocycles. The van der Waals surface area contributed by atoms with Gasteiger partial charge < -0.3 is 9.47 Å². The normalized spacial score (nSPS) is 10.6. The third kappa shape index (κ3) is 10.4. The highest BCUT2D eigenvalue weighted by atomic mass is 16.5. The maximum Gasteiger partial charge on any atom is 0.330 e. The Bertz CT molecular complexity index is 303. The quantitative estimate of drug-likeness (QED) is 0.281. The number of allylic oxidation sites excluding steroid dienone is 3. The first-order valence-electron chi connectivity index (χ1n) is 5.46. The van der Waals surface area contributed by atoms with Crippen molar-refractivity contribution in [3.05, 3.63) is 37.0 Å². The third-order valence-corrected chi connectivity index (χ3v) is 1.73. The zero-order valence-electron chi connectivity index (χ0n) is 10.1. The van der Waals surface area contributed by atoms with Gasteiger partial charge in [-0.3, -0.25) is 0 Å². The minimum atomic E-state index is -0.434. The summed E-state index contributed by atoms with van der Waals surface area (Å²) in [5, 5.41) is 0. The van der Waals surface area contributed by atoms with Crippen LogP contribution in [0.2, 0.25) is 0 Å². The predicted octanol–water partition coefficient (Wildman–Crippen LogP) is 2.17. The van der Waals surface area contributed by atoms with E-state index >= 15 is 0 Å². The Hall–Kier alpha value is -1.84. The number of ether oxygens (including phenoxy) is 2. The lowest BCUT2D eigenvalue weighted by Gasteiger charge is -2.02. The molecule has 0 aliphatic heterocycles. The molecule has 0 aromatic heterocycles. The highest BCUT2D eigenvalue weighted by Gasteiger charge is 1.97. The Kier molecular flexibility index (Phi) is 9.52. The number of rotatable bonds is 8. The number of esters is 2. The van der Waals surface area contributed by atoms with Crippen LogP contribution < -0.4 is 0 Å². The van der Waals surface area contributed by atoms with Crippen LogP contribution in [0.5, 0.6) is 0 Å². The van der Waals surface area contributed by atoms with E-state index in [9.17, 15) is 9.59 Å². The predicted molar refractivity (Wildman–Crippen MR) is 65.3 cm³/mol. The monoisotopic (exact) mass is 238 g/mol. The molecule has 0 rings (SSSR count). The lowest BCUT2D eigenvalue weighted by atomic mass is 10.3. The molecule has 0 aliphatic rings. The van der Waals surface area contributed by atoms with Crippen molar-refractivity contribution in [2.75, 3.05) is 13.2 Å². The molecule has 0 aromatic rings. The van der Waals surface area contributed by atoms with Gasteiger partial charge in [0.25, 0.3) is 0 Å². The van der Waals surface area contributed by atoms with Crippen molar-refractivity contribution in [2.24, 2.45) is 0 Å². The fourth-order valence-corrected chi connectivity index (χ4v) is 0.902. The summed E-state index contributed by atoms with van der Waals surface area (Å²) >= 11 is 0. The van der Waals surface area contributed by atoms with Crippen molar-refractivity contribution in [1.82, 2.24) is 0 Å². The summed E-state index contributed by atoms with van der Waals surface area (Å²) in [7, 11) is 0. The van der Waals surface area contributed by atoms with Crippen LogP contribution in [0.3, 0.4) is 0 Å². The summed E-state index contributed by atoms with van der Waals surface area (Å²) < 4.78 is 9.66. The number of hydrogen-bond donors (Lipinski definition) is 0. The van der Waals surface area contributed by atoms with Gasteiger partial charge in [-0.15, -0.1) is 0 Å². The lowest BCUT2D eigenvalue weighted by molar-refractivity contribution is -0.140. The van der Waals surface area contributed by atoms with E-state index in [0.29, 0.717) is 26.1 Å². The average molecular weight is 238 g/mol. The molecule has 0 radical (unpaired) electrons. The van der Waals surface area contributed by atoms with Crippen LogP contribution in [-0.4, -0.2) is 25.2 Å². The Morgan fingerprint density at radius 2 is 1.65 bits per heavy atom. The molecule has 0 saturated heterocycles. The lowest BCUT2D eigenvalue weighted by Crippen LogP contribution is -2.05. The molecule has 0 fully saturated rings. The molecule has 0 saturated carbocycles. The zero-order chi connectivity index (χ0) is 12.9. The van der Waals surface area contributed by atoms with E-state index in [1.165, 1.54) is 6.08 Å². The maximum absolute atomic E-state index is 11.1. The number of carbonyl (C=O) groups excluding carboxylic acids is 2. The molecule has 0 unspecified atom stereocenters. The minimum Gasteiger partial charge on any atom is -0.463 e. The van der Waals surface area contributed by atoms with Crippen LogP contribution >= 0.6 is 0 Å². The van der Waals surface area contributed by atoms with E-state index < -0.39 is 5.97 Å². The second-order valence-corrected chi connectivity index (χ2v) is 3.13. The van der Waals surface area contributed by atoms with Crippen molar-refractivity contribution in [1.29, 1.82) is 0 Å². The molecule has 0 bridgehead atoms. The molecule has 0 aromatic carbocycles. The van der Waals surface area contributed by atoms with Gasteiger partial charge in [0.1, 0.15) is 0 Å². The molecule has 0 atom stereocenters. The molecule has 4 nitrogen and oxygen atoms in total. The van der Waals surface area contributed by atoms with Crippen molar-refractivity contribution in [3.8, 4) is 0 Å². The van der Waals surface area contributed by atoms with Crippen molar-refractivity contribution in [3.63, 3.8) is 0 Å². The van der Waals surface area contributed by atoms with Crippen LogP contribution in [0, 0.1) is 0 Å². The summed E-state index contributed by atoms with van der Waals surface area (Å²) in [5.74, 6) is -0.803. The summed E-state index contributed by atoms with van der Waals surface area (Å²) in [6.45, 7) is 5.78. The van der Waals surface area contributed by atoms with E-state index in [1.807, 2.05) is 13.0 Å². The maximum atomic E-state index is 11.1. The number of carbonyl (C=O) groups is 2. The van der Waals surface area contributed by atoms with Gasteiger partial charge in [-0.1, -0.05) is 24.8 Å². The Labute approximate surface area is 102 Å². The van der Waals surface area contributed by atoms with Crippen molar-refractivity contribution >= 4 is 11.9 Å². The third-order valence-electron chi connectivity index (χ3n) is 1.73. The average Bonchev–Trinajstić information content (AvgIpc) is 2.33.